The Morgan fingerprint density at radius 2 is 1.94 bits per heavy atom. The Bertz CT molecular complexity index is 1130. The summed E-state index contributed by atoms with van der Waals surface area (Å²) >= 11 is 0. The summed E-state index contributed by atoms with van der Waals surface area (Å²) in [6.45, 7) is 2.93. The number of aromatic nitrogens is 1. The van der Waals surface area contributed by atoms with Crippen LogP contribution >= 0.6 is 0 Å². The first-order valence-electron chi connectivity index (χ1n) is 11.6. The zero-order chi connectivity index (χ0) is 24.1. The second kappa shape index (κ2) is 10.5. The van der Waals surface area contributed by atoms with Crippen LogP contribution in [0.4, 0.5) is 5.69 Å². The molecule has 1 saturated carbocycles. The number of ether oxygens (including phenoxy) is 1. The average molecular weight is 487 g/mol. The quantitative estimate of drug-likeness (QED) is 0.620. The fourth-order valence-electron chi connectivity index (χ4n) is 4.46. The van der Waals surface area contributed by atoms with Gasteiger partial charge in [0.15, 0.2) is 0 Å². The van der Waals surface area contributed by atoms with Crippen molar-refractivity contribution in [3.05, 3.63) is 48.3 Å². The van der Waals surface area contributed by atoms with Crippen LogP contribution in [0.3, 0.4) is 0 Å². The van der Waals surface area contributed by atoms with Gasteiger partial charge in [-0.05, 0) is 61.9 Å². The predicted molar refractivity (Wildman–Crippen MR) is 127 cm³/mol. The molecular formula is C24H30N4O5S. The summed E-state index contributed by atoms with van der Waals surface area (Å²) in [7, 11) is -3.74. The molecule has 4 rings (SSSR count). The Morgan fingerprint density at radius 3 is 2.65 bits per heavy atom. The molecule has 0 atom stereocenters. The van der Waals surface area contributed by atoms with E-state index in [2.05, 4.69) is 15.0 Å². The summed E-state index contributed by atoms with van der Waals surface area (Å²) < 4.78 is 34.1. The lowest BCUT2D eigenvalue weighted by molar-refractivity contribution is -0.126. The van der Waals surface area contributed by atoms with Gasteiger partial charge >= 0.3 is 0 Å². The number of sulfonamides is 1. The Hall–Kier alpha value is -2.98. The summed E-state index contributed by atoms with van der Waals surface area (Å²) in [5.74, 6) is 0.475. The van der Waals surface area contributed by atoms with E-state index in [0.29, 0.717) is 37.7 Å². The fraction of sp³-hybridized carbons (Fsp3) is 0.458. The number of rotatable bonds is 7. The number of anilines is 1. The molecule has 1 aliphatic heterocycles. The first kappa shape index (κ1) is 24.2. The molecule has 182 valence electrons. The van der Waals surface area contributed by atoms with E-state index in [0.717, 1.165) is 31.4 Å². The van der Waals surface area contributed by atoms with Gasteiger partial charge in [0.2, 0.25) is 21.8 Å². The lowest BCUT2D eigenvalue weighted by Gasteiger charge is -2.29. The molecule has 10 heteroatoms. The van der Waals surface area contributed by atoms with Crippen molar-refractivity contribution in [3.63, 3.8) is 0 Å². The average Bonchev–Trinajstić information content (AvgIpc) is 2.86. The van der Waals surface area contributed by atoms with E-state index in [9.17, 15) is 18.0 Å². The lowest BCUT2D eigenvalue weighted by Crippen LogP contribution is -2.37. The summed E-state index contributed by atoms with van der Waals surface area (Å²) in [6.07, 6.45) is 4.71. The lowest BCUT2D eigenvalue weighted by atomic mass is 9.81. The highest BCUT2D eigenvalue weighted by Gasteiger charge is 2.28. The maximum atomic E-state index is 12.9. The van der Waals surface area contributed by atoms with Gasteiger partial charge in [-0.2, -0.15) is 0 Å². The predicted octanol–water partition coefficient (Wildman–Crippen LogP) is 2.23. The third kappa shape index (κ3) is 5.74. The molecule has 0 bridgehead atoms. The van der Waals surface area contributed by atoms with E-state index in [1.165, 1.54) is 24.0 Å². The maximum Gasteiger partial charge on any atom is 0.240 e. The number of pyridine rings is 1. The second-order valence-corrected chi connectivity index (χ2v) is 10.5. The molecule has 1 fully saturated rings. The van der Waals surface area contributed by atoms with E-state index in [1.54, 1.807) is 12.3 Å². The summed E-state index contributed by atoms with van der Waals surface area (Å²) in [6, 6.07) is 10.2. The van der Waals surface area contributed by atoms with Crippen molar-refractivity contribution in [3.8, 4) is 5.75 Å². The summed E-state index contributed by atoms with van der Waals surface area (Å²) in [4.78, 5) is 30.2. The highest BCUT2D eigenvalue weighted by Crippen LogP contribution is 2.34. The molecule has 2 aromatic rings. The van der Waals surface area contributed by atoms with Crippen molar-refractivity contribution in [1.82, 2.24) is 15.0 Å². The molecule has 1 aromatic heterocycles. The van der Waals surface area contributed by atoms with Gasteiger partial charge in [-0.1, -0.05) is 6.07 Å². The van der Waals surface area contributed by atoms with Crippen molar-refractivity contribution in [1.29, 1.82) is 0 Å². The van der Waals surface area contributed by atoms with Gasteiger partial charge in [0.1, 0.15) is 12.4 Å². The Labute approximate surface area is 199 Å². The van der Waals surface area contributed by atoms with E-state index >= 15 is 0 Å². The van der Waals surface area contributed by atoms with Crippen molar-refractivity contribution in [2.24, 2.45) is 11.8 Å². The Morgan fingerprint density at radius 1 is 1.15 bits per heavy atom. The molecule has 1 aromatic carbocycles. The number of nitrogens with zero attached hydrogens (tertiary/aromatic N) is 2. The SMILES string of the molecule is CC(=O)N1CCOc2ccc(S(=O)(=O)NCC3CCC(C(=O)NCc4ccccn4)CC3)cc21. The minimum atomic E-state index is -3.74. The van der Waals surface area contributed by atoms with Crippen LogP contribution in [0.5, 0.6) is 5.75 Å². The molecule has 2 amide bonds. The van der Waals surface area contributed by atoms with Crippen molar-refractivity contribution in [2.45, 2.75) is 44.0 Å². The van der Waals surface area contributed by atoms with Crippen LogP contribution in [0.15, 0.2) is 47.5 Å². The number of nitrogens with one attached hydrogen (secondary N) is 2. The van der Waals surface area contributed by atoms with Crippen molar-refractivity contribution >= 4 is 27.5 Å². The van der Waals surface area contributed by atoms with E-state index in [4.69, 9.17) is 4.74 Å². The van der Waals surface area contributed by atoms with Crippen molar-refractivity contribution < 1.29 is 22.7 Å². The first-order chi connectivity index (χ1) is 16.3. The molecule has 9 nitrogen and oxygen atoms in total. The van der Waals surface area contributed by atoms with Gasteiger partial charge < -0.3 is 15.0 Å². The van der Waals surface area contributed by atoms with Gasteiger partial charge in [0.25, 0.3) is 0 Å². The Balaban J connectivity index is 1.28. The van der Waals surface area contributed by atoms with Gasteiger partial charge in [-0.25, -0.2) is 13.1 Å². The molecule has 34 heavy (non-hydrogen) atoms. The largest absolute Gasteiger partial charge is 0.490 e. The molecule has 2 aliphatic rings. The highest BCUT2D eigenvalue weighted by atomic mass is 32.2. The standard InChI is InChI=1S/C24H30N4O5S/c1-17(29)28-12-13-33-23-10-9-21(14-22(23)28)34(31,32)27-15-18-5-7-19(8-6-18)24(30)26-16-20-4-2-3-11-25-20/h2-4,9-11,14,18-19,27H,5-8,12-13,15-16H2,1H3,(H,26,30). The molecule has 0 saturated heterocycles. The zero-order valence-electron chi connectivity index (χ0n) is 19.2. The van der Waals surface area contributed by atoms with Crippen LogP contribution in [-0.4, -0.2) is 44.9 Å². The maximum absolute atomic E-state index is 12.9. The summed E-state index contributed by atoms with van der Waals surface area (Å²) in [5.41, 5.74) is 1.29. The molecule has 0 unspecified atom stereocenters. The first-order valence-corrected chi connectivity index (χ1v) is 13.0. The summed E-state index contributed by atoms with van der Waals surface area (Å²) in [5, 5.41) is 2.95. The third-order valence-electron chi connectivity index (χ3n) is 6.43. The highest BCUT2D eigenvalue weighted by molar-refractivity contribution is 7.89. The molecule has 0 radical (unpaired) electrons. The minimum Gasteiger partial charge on any atom is -0.490 e. The number of hydrogen-bond acceptors (Lipinski definition) is 6. The molecular weight excluding hydrogens is 456 g/mol. The van der Waals surface area contributed by atoms with Crippen LogP contribution < -0.4 is 19.7 Å². The van der Waals surface area contributed by atoms with Crippen LogP contribution in [0, 0.1) is 11.8 Å². The normalized spacial score (nSPS) is 20.2. The van der Waals surface area contributed by atoms with Crippen LogP contribution in [0.2, 0.25) is 0 Å². The van der Waals surface area contributed by atoms with E-state index in [-0.39, 0.29) is 28.5 Å². The van der Waals surface area contributed by atoms with Crippen LogP contribution in [0.25, 0.3) is 0 Å². The topological polar surface area (TPSA) is 118 Å². The minimum absolute atomic E-state index is 0.0241. The number of carbonyl (C=O) groups excluding carboxylic acids is 2. The van der Waals surface area contributed by atoms with Gasteiger partial charge in [-0.3, -0.25) is 14.6 Å². The Kier molecular flexibility index (Phi) is 7.47. The monoisotopic (exact) mass is 486 g/mol. The van der Waals surface area contributed by atoms with E-state index in [1.807, 2.05) is 18.2 Å². The molecule has 2 heterocycles. The van der Waals surface area contributed by atoms with Gasteiger partial charge in [0.05, 0.1) is 29.4 Å². The molecule has 0 spiro atoms. The molecule has 2 N–H and O–H groups in total. The van der Waals surface area contributed by atoms with Crippen molar-refractivity contribution in [2.75, 3.05) is 24.6 Å². The van der Waals surface area contributed by atoms with Crippen LogP contribution in [0.1, 0.15) is 38.3 Å². The smallest absolute Gasteiger partial charge is 0.240 e. The van der Waals surface area contributed by atoms with Gasteiger partial charge in [0, 0.05) is 25.6 Å². The third-order valence-corrected chi connectivity index (χ3v) is 7.85. The van der Waals surface area contributed by atoms with Crippen LogP contribution in [-0.2, 0) is 26.2 Å². The fourth-order valence-corrected chi connectivity index (χ4v) is 5.59. The number of benzene rings is 1. The second-order valence-electron chi connectivity index (χ2n) is 8.76. The number of fused-ring (bicyclic) bond motifs is 1. The van der Waals surface area contributed by atoms with E-state index < -0.39 is 10.0 Å². The number of amides is 2. The zero-order valence-corrected chi connectivity index (χ0v) is 20.0. The number of carbonyl (C=O) groups is 2. The molecule has 1 aliphatic carbocycles. The number of hydrogen-bond donors (Lipinski definition) is 2. The van der Waals surface area contributed by atoms with Gasteiger partial charge in [-0.15, -0.1) is 0 Å².